The van der Waals surface area contributed by atoms with E-state index in [-0.39, 0.29) is 17.0 Å². The van der Waals surface area contributed by atoms with Crippen molar-refractivity contribution in [3.05, 3.63) is 76.4 Å². The first-order valence-electron chi connectivity index (χ1n) is 9.17. The van der Waals surface area contributed by atoms with Gasteiger partial charge < -0.3 is 4.42 Å². The number of hydrogen-bond acceptors (Lipinski definition) is 5. The number of para-hydroxylation sites is 1. The fourth-order valence-electron chi connectivity index (χ4n) is 3.09. The molecule has 0 saturated carbocycles. The molecule has 2 amide bonds. The molecular weight excluding hydrogens is 372 g/mol. The van der Waals surface area contributed by atoms with E-state index >= 15 is 0 Å². The van der Waals surface area contributed by atoms with Crippen molar-refractivity contribution in [2.24, 2.45) is 0 Å². The van der Waals surface area contributed by atoms with Crippen LogP contribution in [-0.4, -0.2) is 21.6 Å². The summed E-state index contributed by atoms with van der Waals surface area (Å²) < 4.78 is 6.74. The minimum Gasteiger partial charge on any atom is -0.451 e. The number of rotatable bonds is 4. The van der Waals surface area contributed by atoms with Crippen LogP contribution in [0.15, 0.2) is 63.8 Å². The normalized spacial score (nSPS) is 10.9. The molecule has 0 radical (unpaired) electrons. The quantitative estimate of drug-likeness (QED) is 0.521. The lowest BCUT2D eigenvalue weighted by Crippen LogP contribution is -2.42. The summed E-state index contributed by atoms with van der Waals surface area (Å²) in [5.41, 5.74) is 5.04. The number of hydrazine groups is 1. The molecule has 146 valence electrons. The Morgan fingerprint density at radius 1 is 1.00 bits per heavy atom. The van der Waals surface area contributed by atoms with E-state index < -0.39 is 11.8 Å². The van der Waals surface area contributed by atoms with Crippen molar-refractivity contribution in [2.75, 3.05) is 0 Å². The number of fused-ring (bicyclic) bond motifs is 2. The van der Waals surface area contributed by atoms with Gasteiger partial charge in [-0.15, -0.1) is 0 Å². The zero-order chi connectivity index (χ0) is 20.4. The smallest absolute Gasteiger partial charge is 0.305 e. The van der Waals surface area contributed by atoms with Gasteiger partial charge in [-0.1, -0.05) is 43.3 Å². The van der Waals surface area contributed by atoms with Gasteiger partial charge >= 0.3 is 5.91 Å². The highest BCUT2D eigenvalue weighted by atomic mass is 16.3. The number of carbonyl (C=O) groups is 2. The average molecular weight is 390 g/mol. The van der Waals surface area contributed by atoms with Crippen LogP contribution in [0.1, 0.15) is 34.4 Å². The monoisotopic (exact) mass is 390 g/mol. The van der Waals surface area contributed by atoms with Gasteiger partial charge in [0.2, 0.25) is 0 Å². The first kappa shape index (κ1) is 18.4. The molecule has 29 heavy (non-hydrogen) atoms. The molecule has 0 spiro atoms. The Kier molecular flexibility index (Phi) is 4.82. The zero-order valence-electron chi connectivity index (χ0n) is 15.6. The standard InChI is InChI=1S/C21H18N4O4/c1-2-11-25-21(28)15-9-5-4-8-14(15)18(24-25)20(27)23-22-19(26)17-12-13-7-3-6-10-16(13)29-17/h3-10,12H,2,11H2,1H3,(H,22,26)(H,23,27). The van der Waals surface area contributed by atoms with Crippen molar-refractivity contribution < 1.29 is 14.0 Å². The van der Waals surface area contributed by atoms with E-state index in [1.165, 1.54) is 4.68 Å². The summed E-state index contributed by atoms with van der Waals surface area (Å²) in [6.07, 6.45) is 0.690. The third-order valence-electron chi connectivity index (χ3n) is 4.46. The highest BCUT2D eigenvalue weighted by Gasteiger charge is 2.18. The lowest BCUT2D eigenvalue weighted by atomic mass is 10.1. The van der Waals surface area contributed by atoms with Gasteiger partial charge in [0.25, 0.3) is 11.5 Å². The molecular formula is C21H18N4O4. The number of aryl methyl sites for hydroxylation is 1. The lowest BCUT2D eigenvalue weighted by Gasteiger charge is -2.11. The number of hydrogen-bond donors (Lipinski definition) is 2. The van der Waals surface area contributed by atoms with Crippen LogP contribution >= 0.6 is 0 Å². The minimum absolute atomic E-state index is 0.0542. The fraction of sp³-hybridized carbons (Fsp3) is 0.143. The van der Waals surface area contributed by atoms with E-state index in [2.05, 4.69) is 16.0 Å². The predicted octanol–water partition coefficient (Wildman–Crippen LogP) is 2.63. The Bertz CT molecular complexity index is 1260. The van der Waals surface area contributed by atoms with E-state index in [0.29, 0.717) is 29.3 Å². The van der Waals surface area contributed by atoms with Crippen molar-refractivity contribution in [3.8, 4) is 0 Å². The molecule has 4 rings (SSSR count). The highest BCUT2D eigenvalue weighted by molar-refractivity contribution is 6.06. The molecule has 0 unspecified atom stereocenters. The molecule has 2 N–H and O–H groups in total. The number of nitrogens with one attached hydrogen (secondary N) is 2. The van der Waals surface area contributed by atoms with Crippen LogP contribution in [-0.2, 0) is 6.54 Å². The summed E-state index contributed by atoms with van der Waals surface area (Å²) in [5.74, 6) is -1.16. The van der Waals surface area contributed by atoms with Gasteiger partial charge in [0.05, 0.1) is 5.39 Å². The van der Waals surface area contributed by atoms with Gasteiger partial charge in [0.1, 0.15) is 5.58 Å². The topological polar surface area (TPSA) is 106 Å². The van der Waals surface area contributed by atoms with Gasteiger partial charge in [-0.05, 0) is 24.6 Å². The molecule has 8 nitrogen and oxygen atoms in total. The van der Waals surface area contributed by atoms with Crippen molar-refractivity contribution >= 4 is 33.6 Å². The first-order chi connectivity index (χ1) is 14.1. The molecule has 2 aromatic heterocycles. The Morgan fingerprint density at radius 2 is 1.69 bits per heavy atom. The van der Waals surface area contributed by atoms with E-state index in [9.17, 15) is 14.4 Å². The van der Waals surface area contributed by atoms with Gasteiger partial charge in [0.15, 0.2) is 11.5 Å². The van der Waals surface area contributed by atoms with Crippen LogP contribution in [0.3, 0.4) is 0 Å². The van der Waals surface area contributed by atoms with Crippen molar-refractivity contribution in [1.29, 1.82) is 0 Å². The molecule has 0 saturated heterocycles. The molecule has 0 bridgehead atoms. The third-order valence-corrected chi connectivity index (χ3v) is 4.46. The summed E-state index contributed by atoms with van der Waals surface area (Å²) in [4.78, 5) is 37.6. The van der Waals surface area contributed by atoms with E-state index in [0.717, 1.165) is 5.39 Å². The summed E-state index contributed by atoms with van der Waals surface area (Å²) in [6.45, 7) is 2.30. The summed E-state index contributed by atoms with van der Waals surface area (Å²) in [6, 6.07) is 15.5. The fourth-order valence-corrected chi connectivity index (χ4v) is 3.09. The van der Waals surface area contributed by atoms with Crippen LogP contribution in [0.25, 0.3) is 21.7 Å². The number of nitrogens with zero attached hydrogens (tertiary/aromatic N) is 2. The third kappa shape index (κ3) is 3.47. The maximum Gasteiger partial charge on any atom is 0.305 e. The Labute approximate surface area is 165 Å². The molecule has 0 aliphatic carbocycles. The van der Waals surface area contributed by atoms with Crippen LogP contribution < -0.4 is 16.4 Å². The number of furan rings is 1. The molecule has 0 aliphatic heterocycles. The predicted molar refractivity (Wildman–Crippen MR) is 107 cm³/mol. The number of aromatic nitrogens is 2. The van der Waals surface area contributed by atoms with Gasteiger partial charge in [-0.25, -0.2) is 4.68 Å². The molecule has 2 heterocycles. The van der Waals surface area contributed by atoms with E-state index in [1.807, 2.05) is 19.1 Å². The maximum atomic E-state index is 12.7. The van der Waals surface area contributed by atoms with Crippen molar-refractivity contribution in [1.82, 2.24) is 20.6 Å². The largest absolute Gasteiger partial charge is 0.451 e. The SMILES string of the molecule is CCCn1nc(C(=O)NNC(=O)c2cc3ccccc3o2)c2ccccc2c1=O. The van der Waals surface area contributed by atoms with Crippen LogP contribution in [0.5, 0.6) is 0 Å². The maximum absolute atomic E-state index is 12.7. The van der Waals surface area contributed by atoms with Gasteiger partial charge in [0, 0.05) is 17.3 Å². The van der Waals surface area contributed by atoms with Crippen molar-refractivity contribution in [3.63, 3.8) is 0 Å². The molecule has 8 heteroatoms. The highest BCUT2D eigenvalue weighted by Crippen LogP contribution is 2.18. The first-order valence-corrected chi connectivity index (χ1v) is 9.17. The summed E-state index contributed by atoms with van der Waals surface area (Å²) in [5, 5.41) is 5.78. The summed E-state index contributed by atoms with van der Waals surface area (Å²) in [7, 11) is 0. The van der Waals surface area contributed by atoms with Crippen LogP contribution in [0.4, 0.5) is 0 Å². The lowest BCUT2D eigenvalue weighted by molar-refractivity contribution is 0.0829. The average Bonchev–Trinajstić information content (AvgIpc) is 3.18. The number of benzene rings is 2. The number of amides is 2. The number of carbonyl (C=O) groups excluding carboxylic acids is 2. The van der Waals surface area contributed by atoms with Crippen LogP contribution in [0.2, 0.25) is 0 Å². The molecule has 0 fully saturated rings. The molecule has 4 aromatic rings. The zero-order valence-corrected chi connectivity index (χ0v) is 15.6. The Morgan fingerprint density at radius 3 is 2.45 bits per heavy atom. The Hall–Kier alpha value is -3.94. The van der Waals surface area contributed by atoms with Gasteiger partial charge in [-0.2, -0.15) is 5.10 Å². The van der Waals surface area contributed by atoms with Gasteiger partial charge in [-0.3, -0.25) is 25.2 Å². The second-order valence-electron chi connectivity index (χ2n) is 6.48. The van der Waals surface area contributed by atoms with Crippen molar-refractivity contribution in [2.45, 2.75) is 19.9 Å². The Balaban J connectivity index is 1.59. The molecule has 2 aromatic carbocycles. The molecule has 0 aliphatic rings. The second kappa shape index (κ2) is 7.59. The van der Waals surface area contributed by atoms with E-state index in [4.69, 9.17) is 4.42 Å². The second-order valence-corrected chi connectivity index (χ2v) is 6.48. The van der Waals surface area contributed by atoms with E-state index in [1.54, 1.807) is 42.5 Å². The van der Waals surface area contributed by atoms with Crippen LogP contribution in [0, 0.1) is 0 Å². The summed E-state index contributed by atoms with van der Waals surface area (Å²) >= 11 is 0. The minimum atomic E-state index is -0.629. The molecule has 0 atom stereocenters.